The molecule has 7 heteroatoms. The van der Waals surface area contributed by atoms with Crippen LogP contribution in [0.25, 0.3) is 0 Å². The molecule has 0 aromatic heterocycles. The van der Waals surface area contributed by atoms with E-state index in [9.17, 15) is 14.4 Å². The van der Waals surface area contributed by atoms with Crippen LogP contribution in [-0.2, 0) is 14.4 Å². The number of piperidine rings is 1. The number of hydrogen-bond donors (Lipinski definition) is 2. The molecule has 0 bridgehead atoms. The summed E-state index contributed by atoms with van der Waals surface area (Å²) in [5.74, 6) is -1.94. The molecule has 3 rings (SSSR count). The first-order valence-corrected chi connectivity index (χ1v) is 9.21. The lowest BCUT2D eigenvalue weighted by Crippen LogP contribution is -2.54. The number of nitrogens with zero attached hydrogens (tertiary/aromatic N) is 2. The standard InChI is InChI=1S/C19H26N4O3/c1-14-3-2-4-16(13-14)22-9-11-23(12-10-22)19(26)18(25)21-17(24)15-5-7-20-8-6-15/h2-4,13,15,20H,5-12H2,1H3,(H,21,24,25). The highest BCUT2D eigenvalue weighted by Gasteiger charge is 2.29. The molecular weight excluding hydrogens is 332 g/mol. The highest BCUT2D eigenvalue weighted by Crippen LogP contribution is 2.18. The van der Waals surface area contributed by atoms with Crippen molar-refractivity contribution >= 4 is 23.4 Å². The Bertz CT molecular complexity index is 677. The van der Waals surface area contributed by atoms with Gasteiger partial charge in [0, 0.05) is 37.8 Å². The Morgan fingerprint density at radius 1 is 1.08 bits per heavy atom. The molecule has 0 atom stereocenters. The zero-order chi connectivity index (χ0) is 18.5. The quantitative estimate of drug-likeness (QED) is 0.743. The monoisotopic (exact) mass is 358 g/mol. The lowest BCUT2D eigenvalue weighted by Gasteiger charge is -2.35. The first-order valence-electron chi connectivity index (χ1n) is 9.21. The summed E-state index contributed by atoms with van der Waals surface area (Å²) in [5, 5.41) is 5.46. The maximum Gasteiger partial charge on any atom is 0.316 e. The van der Waals surface area contributed by atoms with Gasteiger partial charge < -0.3 is 15.1 Å². The molecule has 0 spiro atoms. The molecule has 1 aromatic rings. The molecule has 0 unspecified atom stereocenters. The Morgan fingerprint density at radius 3 is 2.42 bits per heavy atom. The van der Waals surface area contributed by atoms with Crippen molar-refractivity contribution in [3.05, 3.63) is 29.8 Å². The van der Waals surface area contributed by atoms with Crippen LogP contribution in [0.2, 0.25) is 0 Å². The molecule has 0 saturated carbocycles. The number of anilines is 1. The third-order valence-electron chi connectivity index (χ3n) is 5.07. The third kappa shape index (κ3) is 4.40. The fraction of sp³-hybridized carbons (Fsp3) is 0.526. The molecule has 1 aromatic carbocycles. The first kappa shape index (κ1) is 18.4. The molecule has 3 amide bonds. The van der Waals surface area contributed by atoms with Crippen LogP contribution in [0.15, 0.2) is 24.3 Å². The minimum absolute atomic E-state index is 0.189. The van der Waals surface area contributed by atoms with E-state index in [1.54, 1.807) is 0 Å². The van der Waals surface area contributed by atoms with Crippen LogP contribution < -0.4 is 15.5 Å². The average Bonchev–Trinajstić information content (AvgIpc) is 2.68. The van der Waals surface area contributed by atoms with Crippen molar-refractivity contribution in [2.45, 2.75) is 19.8 Å². The minimum atomic E-state index is -0.808. The Kier molecular flexibility index (Phi) is 5.88. The van der Waals surface area contributed by atoms with Crippen LogP contribution in [0.1, 0.15) is 18.4 Å². The molecular formula is C19H26N4O3. The topological polar surface area (TPSA) is 81.8 Å². The van der Waals surface area contributed by atoms with Crippen molar-refractivity contribution in [2.24, 2.45) is 5.92 Å². The van der Waals surface area contributed by atoms with E-state index in [4.69, 9.17) is 0 Å². The molecule has 7 nitrogen and oxygen atoms in total. The van der Waals surface area contributed by atoms with Crippen LogP contribution in [0.5, 0.6) is 0 Å². The molecule has 2 heterocycles. The smallest absolute Gasteiger partial charge is 0.316 e. The van der Waals surface area contributed by atoms with Gasteiger partial charge in [-0.05, 0) is 50.6 Å². The van der Waals surface area contributed by atoms with E-state index in [0.29, 0.717) is 39.0 Å². The molecule has 0 radical (unpaired) electrons. The number of imide groups is 1. The van der Waals surface area contributed by atoms with Crippen LogP contribution in [0.3, 0.4) is 0 Å². The van der Waals surface area contributed by atoms with Gasteiger partial charge in [0.05, 0.1) is 0 Å². The average molecular weight is 358 g/mol. The van der Waals surface area contributed by atoms with E-state index in [1.807, 2.05) is 19.1 Å². The maximum absolute atomic E-state index is 12.3. The third-order valence-corrected chi connectivity index (χ3v) is 5.07. The Labute approximate surface area is 153 Å². The van der Waals surface area contributed by atoms with E-state index < -0.39 is 11.8 Å². The van der Waals surface area contributed by atoms with E-state index in [-0.39, 0.29) is 11.8 Å². The summed E-state index contributed by atoms with van der Waals surface area (Å²) in [7, 11) is 0. The summed E-state index contributed by atoms with van der Waals surface area (Å²) in [4.78, 5) is 40.3. The summed E-state index contributed by atoms with van der Waals surface area (Å²) in [5.41, 5.74) is 2.32. The number of hydrogen-bond acceptors (Lipinski definition) is 5. The number of benzene rings is 1. The molecule has 2 N–H and O–H groups in total. The largest absolute Gasteiger partial charge is 0.368 e. The molecule has 2 saturated heterocycles. The molecule has 2 aliphatic rings. The lowest BCUT2D eigenvalue weighted by atomic mass is 9.97. The molecule has 0 aliphatic carbocycles. The second kappa shape index (κ2) is 8.31. The van der Waals surface area contributed by atoms with Crippen molar-refractivity contribution in [1.29, 1.82) is 0 Å². The highest BCUT2D eigenvalue weighted by molar-refractivity contribution is 6.37. The Balaban J connectivity index is 1.49. The summed E-state index contributed by atoms with van der Waals surface area (Å²) < 4.78 is 0. The van der Waals surface area contributed by atoms with Crippen molar-refractivity contribution in [2.75, 3.05) is 44.2 Å². The van der Waals surface area contributed by atoms with Gasteiger partial charge in [-0.2, -0.15) is 0 Å². The number of piperazine rings is 1. The lowest BCUT2D eigenvalue weighted by molar-refractivity contribution is -0.148. The van der Waals surface area contributed by atoms with E-state index in [0.717, 1.165) is 18.8 Å². The normalized spacial score (nSPS) is 18.5. The van der Waals surface area contributed by atoms with Crippen molar-refractivity contribution < 1.29 is 14.4 Å². The minimum Gasteiger partial charge on any atom is -0.368 e. The van der Waals surface area contributed by atoms with Gasteiger partial charge >= 0.3 is 11.8 Å². The van der Waals surface area contributed by atoms with E-state index in [1.165, 1.54) is 10.5 Å². The van der Waals surface area contributed by atoms with Crippen molar-refractivity contribution in [3.63, 3.8) is 0 Å². The number of nitrogens with one attached hydrogen (secondary N) is 2. The second-order valence-electron chi connectivity index (χ2n) is 6.96. The number of carbonyl (C=O) groups excluding carboxylic acids is 3. The summed E-state index contributed by atoms with van der Waals surface area (Å²) in [6.45, 7) is 5.87. The van der Waals surface area contributed by atoms with Crippen LogP contribution in [0, 0.1) is 12.8 Å². The van der Waals surface area contributed by atoms with Crippen molar-refractivity contribution in [1.82, 2.24) is 15.5 Å². The SMILES string of the molecule is Cc1cccc(N2CCN(C(=O)C(=O)NC(=O)C3CCNCC3)CC2)c1. The van der Waals surface area contributed by atoms with Gasteiger partial charge in [-0.1, -0.05) is 12.1 Å². The predicted octanol–water partition coefficient (Wildman–Crippen LogP) is 0.286. The predicted molar refractivity (Wildman–Crippen MR) is 98.7 cm³/mol. The fourth-order valence-corrected chi connectivity index (χ4v) is 3.49. The van der Waals surface area contributed by atoms with Crippen LogP contribution >= 0.6 is 0 Å². The van der Waals surface area contributed by atoms with Gasteiger partial charge in [-0.3, -0.25) is 19.7 Å². The van der Waals surface area contributed by atoms with Crippen LogP contribution in [0.4, 0.5) is 5.69 Å². The Morgan fingerprint density at radius 2 is 1.77 bits per heavy atom. The van der Waals surface area contributed by atoms with Gasteiger partial charge in [0.25, 0.3) is 0 Å². The molecule has 26 heavy (non-hydrogen) atoms. The van der Waals surface area contributed by atoms with Crippen molar-refractivity contribution in [3.8, 4) is 0 Å². The van der Waals surface area contributed by atoms with Gasteiger partial charge in [-0.15, -0.1) is 0 Å². The second-order valence-corrected chi connectivity index (χ2v) is 6.96. The van der Waals surface area contributed by atoms with Crippen LogP contribution in [-0.4, -0.2) is 61.9 Å². The fourth-order valence-electron chi connectivity index (χ4n) is 3.49. The Hall–Kier alpha value is -2.41. The van der Waals surface area contributed by atoms with Gasteiger partial charge in [0.2, 0.25) is 5.91 Å². The zero-order valence-electron chi connectivity index (χ0n) is 15.2. The molecule has 2 fully saturated rings. The van der Waals surface area contributed by atoms with E-state index in [2.05, 4.69) is 27.7 Å². The number of carbonyl (C=O) groups is 3. The summed E-state index contributed by atoms with van der Waals surface area (Å²) in [6.07, 6.45) is 1.39. The zero-order valence-corrected chi connectivity index (χ0v) is 15.2. The van der Waals surface area contributed by atoms with Gasteiger partial charge in [0.15, 0.2) is 0 Å². The summed E-state index contributed by atoms with van der Waals surface area (Å²) >= 11 is 0. The number of rotatable bonds is 2. The van der Waals surface area contributed by atoms with Gasteiger partial charge in [-0.25, -0.2) is 0 Å². The first-order chi connectivity index (χ1) is 12.5. The highest BCUT2D eigenvalue weighted by atomic mass is 16.2. The maximum atomic E-state index is 12.3. The van der Waals surface area contributed by atoms with E-state index >= 15 is 0 Å². The molecule has 2 aliphatic heterocycles. The number of aryl methyl sites for hydroxylation is 1. The summed E-state index contributed by atoms with van der Waals surface area (Å²) in [6, 6.07) is 8.23. The number of amides is 3. The molecule has 140 valence electrons. The van der Waals surface area contributed by atoms with Gasteiger partial charge in [0.1, 0.15) is 0 Å².